The molecule has 1 heterocycles. The highest BCUT2D eigenvalue weighted by Gasteiger charge is 2.13. The summed E-state index contributed by atoms with van der Waals surface area (Å²) in [5.74, 6) is 5.43. The molecule has 0 aromatic carbocycles. The summed E-state index contributed by atoms with van der Waals surface area (Å²) in [4.78, 5) is 0. The molecular weight excluding hydrogens is 164 g/mol. The highest BCUT2D eigenvalue weighted by atomic mass is 15.3. The summed E-state index contributed by atoms with van der Waals surface area (Å²) in [6.45, 7) is 5.71. The molecule has 0 aliphatic rings. The van der Waals surface area contributed by atoms with Crippen molar-refractivity contribution in [1.29, 1.82) is 0 Å². The summed E-state index contributed by atoms with van der Waals surface area (Å²) < 4.78 is 1.84. The molecule has 0 radical (unpaired) electrons. The molecule has 0 saturated carbocycles. The van der Waals surface area contributed by atoms with E-state index in [9.17, 15) is 0 Å². The predicted molar refractivity (Wildman–Crippen MR) is 52.8 cm³/mol. The molecule has 13 heavy (non-hydrogen) atoms. The molecule has 1 aromatic rings. The van der Waals surface area contributed by atoms with Crippen molar-refractivity contribution in [2.45, 2.75) is 19.4 Å². The first-order valence-corrected chi connectivity index (χ1v) is 4.26. The van der Waals surface area contributed by atoms with E-state index in [0.29, 0.717) is 0 Å². The molecule has 72 valence electrons. The molecule has 0 saturated heterocycles. The summed E-state index contributed by atoms with van der Waals surface area (Å²) in [5, 5.41) is 4.15. The number of aryl methyl sites for hydroxylation is 1. The molecule has 1 aromatic heterocycles. The molecule has 1 unspecified atom stereocenters. The maximum atomic E-state index is 5.43. The standard InChI is InChI=1S/C9H16N4/c1-4-5-9(12-10)8-6-11-13(3)7(8)2/h4,6,9,12H,1,5,10H2,2-3H3. The molecule has 1 rings (SSSR count). The van der Waals surface area contributed by atoms with Crippen LogP contribution < -0.4 is 11.3 Å². The summed E-state index contributed by atoms with van der Waals surface area (Å²) in [6, 6.07) is 0.117. The number of rotatable bonds is 4. The van der Waals surface area contributed by atoms with Crippen LogP contribution in [0.15, 0.2) is 18.9 Å². The number of nitrogens with two attached hydrogens (primary N) is 1. The second-order valence-electron chi connectivity index (χ2n) is 3.05. The van der Waals surface area contributed by atoms with Gasteiger partial charge < -0.3 is 0 Å². The fourth-order valence-corrected chi connectivity index (χ4v) is 1.31. The van der Waals surface area contributed by atoms with E-state index < -0.39 is 0 Å². The maximum Gasteiger partial charge on any atom is 0.0540 e. The second kappa shape index (κ2) is 4.20. The van der Waals surface area contributed by atoms with Crippen LogP contribution in [0, 0.1) is 6.92 Å². The Bertz CT molecular complexity index is 290. The molecule has 3 N–H and O–H groups in total. The van der Waals surface area contributed by atoms with Gasteiger partial charge in [-0.1, -0.05) is 6.08 Å². The summed E-state index contributed by atoms with van der Waals surface area (Å²) >= 11 is 0. The molecule has 0 aliphatic heterocycles. The lowest BCUT2D eigenvalue weighted by molar-refractivity contribution is 0.557. The Balaban J connectivity index is 2.90. The quantitative estimate of drug-likeness (QED) is 0.409. The SMILES string of the molecule is C=CCC(NN)c1cnn(C)c1C. The molecule has 1 atom stereocenters. The first-order valence-electron chi connectivity index (χ1n) is 4.26. The Morgan fingerprint density at radius 3 is 2.92 bits per heavy atom. The third kappa shape index (κ3) is 1.96. The zero-order chi connectivity index (χ0) is 9.84. The topological polar surface area (TPSA) is 55.9 Å². The average Bonchev–Trinajstić information content (AvgIpc) is 2.45. The van der Waals surface area contributed by atoms with Gasteiger partial charge in [-0.2, -0.15) is 5.10 Å². The van der Waals surface area contributed by atoms with Crippen LogP contribution in [0.2, 0.25) is 0 Å². The van der Waals surface area contributed by atoms with E-state index in [1.165, 1.54) is 0 Å². The third-order valence-corrected chi connectivity index (χ3v) is 2.25. The number of aromatic nitrogens is 2. The van der Waals surface area contributed by atoms with Crippen LogP contribution in [0.25, 0.3) is 0 Å². The Labute approximate surface area is 78.4 Å². The molecule has 0 spiro atoms. The van der Waals surface area contributed by atoms with E-state index in [2.05, 4.69) is 17.1 Å². The first-order chi connectivity index (χ1) is 6.20. The summed E-state index contributed by atoms with van der Waals surface area (Å²) in [5.41, 5.74) is 5.01. The number of nitrogens with one attached hydrogen (secondary N) is 1. The molecular formula is C9H16N4. The van der Waals surface area contributed by atoms with Gasteiger partial charge in [0.2, 0.25) is 0 Å². The van der Waals surface area contributed by atoms with Gasteiger partial charge in [-0.25, -0.2) is 0 Å². The van der Waals surface area contributed by atoms with Crippen LogP contribution in [-0.4, -0.2) is 9.78 Å². The van der Waals surface area contributed by atoms with E-state index in [4.69, 9.17) is 5.84 Å². The van der Waals surface area contributed by atoms with Crippen LogP contribution in [0.5, 0.6) is 0 Å². The van der Waals surface area contributed by atoms with Gasteiger partial charge in [-0.15, -0.1) is 6.58 Å². The average molecular weight is 180 g/mol. The Morgan fingerprint density at radius 1 is 1.85 bits per heavy atom. The zero-order valence-corrected chi connectivity index (χ0v) is 8.12. The normalized spacial score (nSPS) is 12.8. The maximum absolute atomic E-state index is 5.43. The lowest BCUT2D eigenvalue weighted by atomic mass is 10.1. The minimum absolute atomic E-state index is 0.117. The molecule has 0 bridgehead atoms. The zero-order valence-electron chi connectivity index (χ0n) is 8.12. The fourth-order valence-electron chi connectivity index (χ4n) is 1.31. The van der Waals surface area contributed by atoms with Gasteiger partial charge in [0.1, 0.15) is 0 Å². The van der Waals surface area contributed by atoms with Crippen LogP contribution in [0.3, 0.4) is 0 Å². The van der Waals surface area contributed by atoms with E-state index >= 15 is 0 Å². The molecule has 0 aliphatic carbocycles. The van der Waals surface area contributed by atoms with Crippen molar-refractivity contribution < 1.29 is 0 Å². The van der Waals surface area contributed by atoms with Gasteiger partial charge in [-0.3, -0.25) is 16.0 Å². The summed E-state index contributed by atoms with van der Waals surface area (Å²) in [7, 11) is 1.92. The van der Waals surface area contributed by atoms with Gasteiger partial charge in [0.05, 0.1) is 12.2 Å². The van der Waals surface area contributed by atoms with Crippen molar-refractivity contribution in [1.82, 2.24) is 15.2 Å². The van der Waals surface area contributed by atoms with Gasteiger partial charge >= 0.3 is 0 Å². The molecule has 0 fully saturated rings. The number of hydrogen-bond acceptors (Lipinski definition) is 3. The molecule has 4 nitrogen and oxygen atoms in total. The second-order valence-corrected chi connectivity index (χ2v) is 3.05. The Hall–Kier alpha value is -1.13. The number of hydrazine groups is 1. The van der Waals surface area contributed by atoms with Crippen LogP contribution >= 0.6 is 0 Å². The lowest BCUT2D eigenvalue weighted by Crippen LogP contribution is -2.27. The van der Waals surface area contributed by atoms with Gasteiger partial charge in [0.25, 0.3) is 0 Å². The van der Waals surface area contributed by atoms with Crippen molar-refractivity contribution in [2.75, 3.05) is 0 Å². The monoisotopic (exact) mass is 180 g/mol. The highest BCUT2D eigenvalue weighted by molar-refractivity contribution is 5.20. The van der Waals surface area contributed by atoms with E-state index in [1.54, 1.807) is 0 Å². The van der Waals surface area contributed by atoms with Crippen molar-refractivity contribution >= 4 is 0 Å². The Kier molecular flexibility index (Phi) is 3.22. The molecule has 4 heteroatoms. The van der Waals surface area contributed by atoms with E-state index in [-0.39, 0.29) is 6.04 Å². The third-order valence-electron chi connectivity index (χ3n) is 2.25. The fraction of sp³-hybridized carbons (Fsp3) is 0.444. The Morgan fingerprint density at radius 2 is 2.54 bits per heavy atom. The highest BCUT2D eigenvalue weighted by Crippen LogP contribution is 2.18. The lowest BCUT2D eigenvalue weighted by Gasteiger charge is -2.12. The van der Waals surface area contributed by atoms with Crippen molar-refractivity contribution in [3.8, 4) is 0 Å². The smallest absolute Gasteiger partial charge is 0.0540 e. The van der Waals surface area contributed by atoms with Crippen molar-refractivity contribution in [3.63, 3.8) is 0 Å². The van der Waals surface area contributed by atoms with Gasteiger partial charge in [0.15, 0.2) is 0 Å². The van der Waals surface area contributed by atoms with Crippen molar-refractivity contribution in [2.24, 2.45) is 12.9 Å². The van der Waals surface area contributed by atoms with Crippen LogP contribution in [-0.2, 0) is 7.05 Å². The van der Waals surface area contributed by atoms with Crippen molar-refractivity contribution in [3.05, 3.63) is 30.1 Å². The van der Waals surface area contributed by atoms with E-state index in [1.807, 2.05) is 30.9 Å². The first kappa shape index (κ1) is 9.95. The summed E-state index contributed by atoms with van der Waals surface area (Å²) in [6.07, 6.45) is 4.49. The van der Waals surface area contributed by atoms with Gasteiger partial charge in [0, 0.05) is 18.3 Å². The largest absolute Gasteiger partial charge is 0.273 e. The van der Waals surface area contributed by atoms with Crippen LogP contribution in [0.4, 0.5) is 0 Å². The number of nitrogens with zero attached hydrogens (tertiary/aromatic N) is 2. The van der Waals surface area contributed by atoms with Gasteiger partial charge in [-0.05, 0) is 13.3 Å². The van der Waals surface area contributed by atoms with E-state index in [0.717, 1.165) is 17.7 Å². The molecule has 0 amide bonds. The minimum atomic E-state index is 0.117. The van der Waals surface area contributed by atoms with Crippen LogP contribution in [0.1, 0.15) is 23.7 Å². The minimum Gasteiger partial charge on any atom is -0.273 e. The predicted octanol–water partition coefficient (Wildman–Crippen LogP) is 0.809. The number of hydrogen-bond donors (Lipinski definition) is 2.